The number of benzene rings is 1. The zero-order valence-electron chi connectivity index (χ0n) is 16.3. The fraction of sp³-hybridized carbons (Fsp3) is 0.333. The fourth-order valence-corrected chi connectivity index (χ4v) is 3.53. The number of alkyl halides is 3. The second-order valence-corrected chi connectivity index (χ2v) is 7.29. The summed E-state index contributed by atoms with van der Waals surface area (Å²) >= 11 is 0. The number of nitrogens with zero attached hydrogens (tertiary/aromatic N) is 3. The van der Waals surface area contributed by atoms with E-state index in [1.54, 1.807) is 43.5 Å². The first-order valence-corrected chi connectivity index (χ1v) is 8.86. The topological polar surface area (TPSA) is 38.1 Å². The summed E-state index contributed by atoms with van der Waals surface area (Å²) in [5, 5.41) is 0.0507. The van der Waals surface area contributed by atoms with Gasteiger partial charge in [0.05, 0.1) is 11.1 Å². The standard InChI is InChI=1S/C21H22F3N3O/c1-13-9-14(7-8-25-13)10-17-19(21(22,23)24)16-11-15(12-26(2)3)5-6-18(16)27(4)20(17)28/h5-9,11H,10,12H2,1-4H3. The minimum absolute atomic E-state index is 0.0507. The summed E-state index contributed by atoms with van der Waals surface area (Å²) < 4.78 is 43.6. The van der Waals surface area contributed by atoms with Crippen LogP contribution in [0.3, 0.4) is 0 Å². The van der Waals surface area contributed by atoms with Crippen LogP contribution in [0.5, 0.6) is 0 Å². The molecule has 0 N–H and O–H groups in total. The summed E-state index contributed by atoms with van der Waals surface area (Å²) in [6.45, 7) is 2.27. The normalized spacial score (nSPS) is 12.1. The molecule has 1 aromatic carbocycles. The van der Waals surface area contributed by atoms with Crippen molar-refractivity contribution in [3.05, 3.63) is 74.8 Å². The third-order valence-electron chi connectivity index (χ3n) is 4.68. The smallest absolute Gasteiger partial charge is 0.311 e. The van der Waals surface area contributed by atoms with Gasteiger partial charge in [-0.25, -0.2) is 0 Å². The Balaban J connectivity index is 2.32. The highest BCUT2D eigenvalue weighted by Crippen LogP contribution is 2.37. The van der Waals surface area contributed by atoms with Crippen LogP contribution < -0.4 is 5.56 Å². The number of aromatic nitrogens is 2. The molecule has 0 saturated heterocycles. The molecule has 0 aliphatic carbocycles. The molecule has 2 heterocycles. The van der Waals surface area contributed by atoms with E-state index in [-0.39, 0.29) is 22.9 Å². The minimum atomic E-state index is -4.64. The number of hydrogen-bond donors (Lipinski definition) is 0. The van der Waals surface area contributed by atoms with Crippen LogP contribution in [0.15, 0.2) is 41.3 Å². The molecule has 0 fully saturated rings. The van der Waals surface area contributed by atoms with Gasteiger partial charge in [-0.2, -0.15) is 13.2 Å². The molecule has 0 unspecified atom stereocenters. The van der Waals surface area contributed by atoms with E-state index < -0.39 is 17.3 Å². The number of aryl methyl sites for hydroxylation is 2. The Kier molecular flexibility index (Phi) is 5.30. The lowest BCUT2D eigenvalue weighted by atomic mass is 9.96. The molecular weight excluding hydrogens is 367 g/mol. The predicted molar refractivity (Wildman–Crippen MR) is 103 cm³/mol. The molecule has 3 rings (SSSR count). The van der Waals surface area contributed by atoms with Crippen molar-refractivity contribution in [2.75, 3.05) is 14.1 Å². The average molecular weight is 389 g/mol. The van der Waals surface area contributed by atoms with Gasteiger partial charge in [0.15, 0.2) is 0 Å². The van der Waals surface area contributed by atoms with Crippen LogP contribution in [0, 0.1) is 6.92 Å². The van der Waals surface area contributed by atoms with Gasteiger partial charge in [-0.3, -0.25) is 9.78 Å². The van der Waals surface area contributed by atoms with Crippen molar-refractivity contribution in [2.24, 2.45) is 7.05 Å². The van der Waals surface area contributed by atoms with Crippen molar-refractivity contribution >= 4 is 10.9 Å². The highest BCUT2D eigenvalue weighted by molar-refractivity contribution is 5.85. The van der Waals surface area contributed by atoms with Gasteiger partial charge >= 0.3 is 6.18 Å². The summed E-state index contributed by atoms with van der Waals surface area (Å²) in [6, 6.07) is 8.23. The Bertz CT molecular complexity index is 1080. The summed E-state index contributed by atoms with van der Waals surface area (Å²) in [7, 11) is 5.22. The molecule has 4 nitrogen and oxygen atoms in total. The monoisotopic (exact) mass is 389 g/mol. The van der Waals surface area contributed by atoms with E-state index in [2.05, 4.69) is 4.98 Å². The van der Waals surface area contributed by atoms with Gasteiger partial charge in [-0.05, 0) is 56.4 Å². The molecule has 7 heteroatoms. The molecule has 0 radical (unpaired) electrons. The maximum atomic E-state index is 14.1. The highest BCUT2D eigenvalue weighted by atomic mass is 19.4. The van der Waals surface area contributed by atoms with Gasteiger partial charge in [-0.1, -0.05) is 6.07 Å². The van der Waals surface area contributed by atoms with Crippen LogP contribution in [0.2, 0.25) is 0 Å². The Morgan fingerprint density at radius 2 is 1.82 bits per heavy atom. The van der Waals surface area contributed by atoms with Crippen LogP contribution in [0.25, 0.3) is 10.9 Å². The molecule has 148 valence electrons. The molecule has 2 aromatic heterocycles. The Morgan fingerprint density at radius 1 is 1.11 bits per heavy atom. The lowest BCUT2D eigenvalue weighted by molar-refractivity contribution is -0.137. The predicted octanol–water partition coefficient (Wildman–Crippen LogP) is 3.91. The van der Waals surface area contributed by atoms with Crippen LogP contribution >= 0.6 is 0 Å². The Hall–Kier alpha value is -2.67. The minimum Gasteiger partial charge on any atom is -0.311 e. The van der Waals surface area contributed by atoms with E-state index >= 15 is 0 Å². The van der Waals surface area contributed by atoms with Gasteiger partial charge in [0.2, 0.25) is 0 Å². The van der Waals surface area contributed by atoms with E-state index in [0.29, 0.717) is 17.8 Å². The zero-order valence-corrected chi connectivity index (χ0v) is 16.3. The largest absolute Gasteiger partial charge is 0.417 e. The van der Waals surface area contributed by atoms with Gasteiger partial charge in [-0.15, -0.1) is 0 Å². The summed E-state index contributed by atoms with van der Waals surface area (Å²) in [5.41, 5.74) is 0.628. The van der Waals surface area contributed by atoms with Crippen molar-refractivity contribution < 1.29 is 13.2 Å². The first kappa shape index (κ1) is 20.1. The zero-order chi connectivity index (χ0) is 20.6. The molecule has 0 bridgehead atoms. The molecular formula is C21H22F3N3O. The van der Waals surface area contributed by atoms with E-state index in [1.165, 1.54) is 11.6 Å². The number of fused-ring (bicyclic) bond motifs is 1. The first-order chi connectivity index (χ1) is 13.1. The van der Waals surface area contributed by atoms with Crippen LogP contribution in [0.1, 0.15) is 27.9 Å². The van der Waals surface area contributed by atoms with E-state index in [4.69, 9.17) is 0 Å². The third kappa shape index (κ3) is 3.94. The summed E-state index contributed by atoms with van der Waals surface area (Å²) in [6.07, 6.45) is -3.20. The quantitative estimate of drug-likeness (QED) is 0.679. The fourth-order valence-electron chi connectivity index (χ4n) is 3.53. The van der Waals surface area contributed by atoms with Crippen molar-refractivity contribution in [2.45, 2.75) is 26.1 Å². The molecule has 0 spiro atoms. The van der Waals surface area contributed by atoms with Gasteiger partial charge in [0.1, 0.15) is 0 Å². The van der Waals surface area contributed by atoms with E-state index in [9.17, 15) is 18.0 Å². The van der Waals surface area contributed by atoms with Crippen molar-refractivity contribution in [3.63, 3.8) is 0 Å². The molecule has 0 atom stereocenters. The second-order valence-electron chi connectivity index (χ2n) is 7.29. The van der Waals surface area contributed by atoms with Crippen molar-refractivity contribution in [1.29, 1.82) is 0 Å². The Morgan fingerprint density at radius 3 is 2.43 bits per heavy atom. The SMILES string of the molecule is Cc1cc(Cc2c(C(F)(F)F)c3cc(CN(C)C)ccc3n(C)c2=O)ccn1. The number of halogens is 3. The highest BCUT2D eigenvalue weighted by Gasteiger charge is 2.37. The van der Waals surface area contributed by atoms with Crippen LogP contribution in [-0.4, -0.2) is 28.5 Å². The maximum Gasteiger partial charge on any atom is 0.417 e. The molecule has 0 saturated carbocycles. The lowest BCUT2D eigenvalue weighted by Gasteiger charge is -2.19. The van der Waals surface area contributed by atoms with Crippen LogP contribution in [0.4, 0.5) is 13.2 Å². The third-order valence-corrected chi connectivity index (χ3v) is 4.68. The maximum absolute atomic E-state index is 14.1. The van der Waals surface area contributed by atoms with Gasteiger partial charge in [0.25, 0.3) is 5.56 Å². The van der Waals surface area contributed by atoms with Crippen molar-refractivity contribution in [3.8, 4) is 0 Å². The molecule has 28 heavy (non-hydrogen) atoms. The molecule has 0 aliphatic rings. The van der Waals surface area contributed by atoms with Crippen molar-refractivity contribution in [1.82, 2.24) is 14.5 Å². The second kappa shape index (κ2) is 7.39. The van der Waals surface area contributed by atoms with Gasteiger partial charge < -0.3 is 9.47 Å². The number of pyridine rings is 2. The molecule has 0 aliphatic heterocycles. The molecule has 3 aromatic rings. The first-order valence-electron chi connectivity index (χ1n) is 8.86. The average Bonchev–Trinajstić information content (AvgIpc) is 2.58. The molecule has 0 amide bonds. The van der Waals surface area contributed by atoms with Gasteiger partial charge in [0, 0.05) is 42.9 Å². The summed E-state index contributed by atoms with van der Waals surface area (Å²) in [4.78, 5) is 18.8. The van der Waals surface area contributed by atoms with Crippen LogP contribution in [-0.2, 0) is 26.2 Å². The number of hydrogen-bond acceptors (Lipinski definition) is 3. The Labute approximate surface area is 161 Å². The van der Waals surface area contributed by atoms with E-state index in [0.717, 1.165) is 5.56 Å². The summed E-state index contributed by atoms with van der Waals surface area (Å²) in [5.74, 6) is 0. The number of rotatable bonds is 4. The van der Waals surface area contributed by atoms with E-state index in [1.807, 2.05) is 19.0 Å². The lowest BCUT2D eigenvalue weighted by Crippen LogP contribution is -2.27.